The smallest absolute Gasteiger partial charge is 0.156 e. The van der Waals surface area contributed by atoms with Gasteiger partial charge in [0.15, 0.2) is 5.82 Å². The number of hydrogen-bond acceptors (Lipinski definition) is 4. The fourth-order valence-corrected chi connectivity index (χ4v) is 4.87. The molecule has 0 spiro atoms. The number of aromatic nitrogens is 3. The van der Waals surface area contributed by atoms with Gasteiger partial charge >= 0.3 is 0 Å². The minimum atomic E-state index is -1.56. The highest BCUT2D eigenvalue weighted by atomic mass is 19.1. The minimum absolute atomic E-state index is 0.291. The van der Waals surface area contributed by atoms with E-state index in [2.05, 4.69) is 10.1 Å². The Kier molecular flexibility index (Phi) is 4.67. The van der Waals surface area contributed by atoms with Crippen molar-refractivity contribution in [3.63, 3.8) is 0 Å². The van der Waals surface area contributed by atoms with E-state index in [0.29, 0.717) is 56.2 Å². The van der Waals surface area contributed by atoms with Crippen LogP contribution < -0.4 is 0 Å². The third-order valence-electron chi connectivity index (χ3n) is 6.76. The van der Waals surface area contributed by atoms with Crippen molar-refractivity contribution < 1.29 is 14.0 Å². The van der Waals surface area contributed by atoms with E-state index in [1.165, 1.54) is 0 Å². The van der Waals surface area contributed by atoms with Crippen molar-refractivity contribution in [3.8, 4) is 11.1 Å². The van der Waals surface area contributed by atoms with Crippen LogP contribution in [-0.4, -0.2) is 20.2 Å². The first-order valence-corrected chi connectivity index (χ1v) is 11.5. The Morgan fingerprint density at radius 3 is 2.15 bits per heavy atom. The monoisotopic (exact) mass is 453 g/mol. The lowest BCUT2D eigenvalue weighted by molar-refractivity contribution is 0.127. The summed E-state index contributed by atoms with van der Waals surface area (Å²) in [7, 11) is 0. The summed E-state index contributed by atoms with van der Waals surface area (Å²) in [6.45, 7) is 3.56. The van der Waals surface area contributed by atoms with Crippen LogP contribution in [0.1, 0.15) is 52.7 Å². The highest BCUT2D eigenvalue weighted by Crippen LogP contribution is 2.45. The van der Waals surface area contributed by atoms with Crippen molar-refractivity contribution in [2.75, 3.05) is 0 Å². The van der Waals surface area contributed by atoms with E-state index >= 15 is 4.39 Å². The number of nitrogens with zero attached hydrogens (tertiary/aromatic N) is 2. The molecule has 2 heterocycles. The van der Waals surface area contributed by atoms with Crippen molar-refractivity contribution in [2.24, 2.45) is 0 Å². The van der Waals surface area contributed by atoms with Gasteiger partial charge in [0, 0.05) is 17.0 Å². The van der Waals surface area contributed by atoms with Gasteiger partial charge in [-0.1, -0.05) is 65.8 Å². The van der Waals surface area contributed by atoms with Crippen LogP contribution in [0.2, 0.25) is 0 Å². The molecule has 34 heavy (non-hydrogen) atoms. The SMILES string of the molecule is Cc1noc(C)c1-c1cc(C(O)(c2ccccc2)c2ccccc2)c2nc(C3CC3)[nH]c2c1F. The number of rotatable bonds is 5. The normalized spacial score (nSPS) is 14.1. The minimum Gasteiger partial charge on any atom is -0.376 e. The van der Waals surface area contributed by atoms with Gasteiger partial charge in [-0.15, -0.1) is 0 Å². The van der Waals surface area contributed by atoms with Gasteiger partial charge in [-0.3, -0.25) is 0 Å². The van der Waals surface area contributed by atoms with Crippen molar-refractivity contribution in [1.82, 2.24) is 15.1 Å². The third-order valence-corrected chi connectivity index (χ3v) is 6.76. The molecule has 6 rings (SSSR count). The predicted octanol–water partition coefficient (Wildman–Crippen LogP) is 6.14. The number of imidazole rings is 1. The van der Waals surface area contributed by atoms with Crippen LogP contribution in [0, 0.1) is 19.7 Å². The van der Waals surface area contributed by atoms with Gasteiger partial charge in [-0.25, -0.2) is 9.37 Å². The molecule has 5 aromatic rings. The van der Waals surface area contributed by atoms with E-state index in [0.717, 1.165) is 18.7 Å². The van der Waals surface area contributed by atoms with Gasteiger partial charge in [0.25, 0.3) is 0 Å². The number of hydrogen-bond donors (Lipinski definition) is 2. The number of halogens is 1. The van der Waals surface area contributed by atoms with E-state index in [4.69, 9.17) is 9.51 Å². The average Bonchev–Trinajstić information content (AvgIpc) is 3.54. The number of aliphatic hydroxyl groups is 1. The molecule has 1 saturated carbocycles. The Hall–Kier alpha value is -3.77. The lowest BCUT2D eigenvalue weighted by atomic mass is 9.78. The van der Waals surface area contributed by atoms with E-state index in [1.807, 2.05) is 60.7 Å². The summed E-state index contributed by atoms with van der Waals surface area (Å²) in [4.78, 5) is 8.06. The lowest BCUT2D eigenvalue weighted by Gasteiger charge is -2.31. The zero-order chi connectivity index (χ0) is 23.4. The molecule has 0 saturated heterocycles. The first kappa shape index (κ1) is 20.8. The Labute approximate surface area is 196 Å². The summed E-state index contributed by atoms with van der Waals surface area (Å²) in [5, 5.41) is 16.6. The predicted molar refractivity (Wildman–Crippen MR) is 128 cm³/mol. The second-order valence-corrected chi connectivity index (χ2v) is 9.05. The van der Waals surface area contributed by atoms with Crippen LogP contribution in [0.3, 0.4) is 0 Å². The van der Waals surface area contributed by atoms with Crippen molar-refractivity contribution in [2.45, 2.75) is 38.2 Å². The van der Waals surface area contributed by atoms with Crippen LogP contribution >= 0.6 is 0 Å². The summed E-state index contributed by atoms with van der Waals surface area (Å²) in [6.07, 6.45) is 2.05. The van der Waals surface area contributed by atoms with Gasteiger partial charge in [0.1, 0.15) is 22.7 Å². The number of H-pyrrole nitrogens is 1. The van der Waals surface area contributed by atoms with Gasteiger partial charge in [-0.05, 0) is 43.9 Å². The second-order valence-electron chi connectivity index (χ2n) is 9.05. The molecule has 1 aliphatic rings. The van der Waals surface area contributed by atoms with Gasteiger partial charge < -0.3 is 14.6 Å². The van der Waals surface area contributed by atoms with Crippen molar-refractivity contribution in [1.29, 1.82) is 0 Å². The maximum absolute atomic E-state index is 16.0. The second kappa shape index (κ2) is 7.64. The number of aromatic amines is 1. The average molecular weight is 454 g/mol. The Bertz CT molecular complexity index is 1440. The molecule has 6 heteroatoms. The number of aryl methyl sites for hydroxylation is 2. The van der Waals surface area contributed by atoms with Crippen LogP contribution in [0.5, 0.6) is 0 Å². The van der Waals surface area contributed by atoms with E-state index in [-0.39, 0.29) is 0 Å². The highest BCUT2D eigenvalue weighted by molar-refractivity contribution is 5.89. The first-order valence-electron chi connectivity index (χ1n) is 11.5. The Balaban J connectivity index is 1.74. The zero-order valence-corrected chi connectivity index (χ0v) is 19.0. The summed E-state index contributed by atoms with van der Waals surface area (Å²) in [6, 6.07) is 20.6. The molecule has 5 nitrogen and oxygen atoms in total. The maximum atomic E-state index is 16.0. The molecule has 0 aliphatic heterocycles. The molecular formula is C28H24FN3O2. The molecule has 0 radical (unpaired) electrons. The molecule has 3 aromatic carbocycles. The van der Waals surface area contributed by atoms with Gasteiger partial charge in [0.2, 0.25) is 0 Å². The lowest BCUT2D eigenvalue weighted by Crippen LogP contribution is -2.29. The van der Waals surface area contributed by atoms with Crippen molar-refractivity contribution in [3.05, 3.63) is 107 Å². The van der Waals surface area contributed by atoms with E-state index in [1.54, 1.807) is 19.9 Å². The van der Waals surface area contributed by atoms with Gasteiger partial charge in [0.05, 0.1) is 16.8 Å². The van der Waals surface area contributed by atoms with E-state index < -0.39 is 11.4 Å². The third kappa shape index (κ3) is 3.10. The van der Waals surface area contributed by atoms with Crippen LogP contribution in [-0.2, 0) is 5.60 Å². The molecule has 0 bridgehead atoms. The largest absolute Gasteiger partial charge is 0.376 e. The summed E-state index contributed by atoms with van der Waals surface area (Å²) in [5.74, 6) is 1.15. The zero-order valence-electron chi connectivity index (χ0n) is 19.0. The Morgan fingerprint density at radius 1 is 1.00 bits per heavy atom. The molecule has 1 fully saturated rings. The Morgan fingerprint density at radius 2 is 1.62 bits per heavy atom. The quantitative estimate of drug-likeness (QED) is 0.314. The molecule has 2 N–H and O–H groups in total. The molecule has 170 valence electrons. The molecular weight excluding hydrogens is 429 g/mol. The molecule has 2 aromatic heterocycles. The summed E-state index contributed by atoms with van der Waals surface area (Å²) >= 11 is 0. The van der Waals surface area contributed by atoms with Crippen molar-refractivity contribution >= 4 is 11.0 Å². The maximum Gasteiger partial charge on any atom is 0.156 e. The van der Waals surface area contributed by atoms with Crippen LogP contribution in [0.25, 0.3) is 22.2 Å². The van der Waals surface area contributed by atoms with Gasteiger partial charge in [-0.2, -0.15) is 0 Å². The number of benzene rings is 3. The molecule has 0 amide bonds. The first-order chi connectivity index (χ1) is 16.5. The molecule has 0 atom stereocenters. The molecule has 0 unspecified atom stereocenters. The van der Waals surface area contributed by atoms with E-state index in [9.17, 15) is 5.11 Å². The van der Waals surface area contributed by atoms with Crippen LogP contribution in [0.4, 0.5) is 4.39 Å². The fourth-order valence-electron chi connectivity index (χ4n) is 4.87. The standard InChI is InChI=1S/C28H24FN3O2/c1-16-23(17(2)34-32-16)21-15-22(25-26(24(21)29)31-27(30-25)18-13-14-18)28(33,19-9-5-3-6-10-19)20-11-7-4-8-12-20/h3-12,15,18,33H,13-14H2,1-2H3,(H,30,31). The highest BCUT2D eigenvalue weighted by Gasteiger charge is 2.39. The number of fused-ring (bicyclic) bond motifs is 1. The summed E-state index contributed by atoms with van der Waals surface area (Å²) < 4.78 is 21.4. The fraction of sp³-hybridized carbons (Fsp3) is 0.214. The van der Waals surface area contributed by atoms with Crippen LogP contribution in [0.15, 0.2) is 71.3 Å². The number of nitrogens with one attached hydrogen (secondary N) is 1. The topological polar surface area (TPSA) is 74.9 Å². The molecule has 1 aliphatic carbocycles. The summed E-state index contributed by atoms with van der Waals surface area (Å²) in [5.41, 5.74) is 2.54.